The lowest BCUT2D eigenvalue weighted by Crippen LogP contribution is -2.37. The van der Waals surface area contributed by atoms with Gasteiger partial charge in [0.25, 0.3) is 0 Å². The number of halogens is 1. The average molecular weight is 545 g/mol. The number of benzene rings is 2. The summed E-state index contributed by atoms with van der Waals surface area (Å²) in [6, 6.07) is 15.2. The zero-order valence-corrected chi connectivity index (χ0v) is 21.0. The maximum absolute atomic E-state index is 11.7. The molecule has 0 fully saturated rings. The predicted molar refractivity (Wildman–Crippen MR) is 134 cm³/mol. The third-order valence-electron chi connectivity index (χ3n) is 4.28. The Morgan fingerprint density at radius 1 is 1.07 bits per heavy atom. The number of guanidine groups is 1. The van der Waals surface area contributed by atoms with E-state index >= 15 is 0 Å². The number of ether oxygens (including phenoxy) is 1. The Morgan fingerprint density at radius 3 is 2.43 bits per heavy atom. The van der Waals surface area contributed by atoms with E-state index in [1.807, 2.05) is 56.3 Å². The molecular formula is C22H32IN3O3S. The van der Waals surface area contributed by atoms with Crippen molar-refractivity contribution in [3.8, 4) is 5.75 Å². The molecule has 0 aliphatic carbocycles. The molecule has 0 unspecified atom stereocenters. The molecule has 30 heavy (non-hydrogen) atoms. The minimum Gasteiger partial charge on any atom is -0.494 e. The summed E-state index contributed by atoms with van der Waals surface area (Å²) < 4.78 is 29.2. The van der Waals surface area contributed by atoms with Crippen LogP contribution in [0.4, 0.5) is 0 Å². The van der Waals surface area contributed by atoms with Crippen LogP contribution in [0.1, 0.15) is 30.9 Å². The van der Waals surface area contributed by atoms with Crippen molar-refractivity contribution >= 4 is 39.8 Å². The number of nitrogens with one attached hydrogen (secondary N) is 2. The second-order valence-corrected chi connectivity index (χ2v) is 8.85. The molecule has 0 aliphatic rings. The first-order valence-corrected chi connectivity index (χ1v) is 11.8. The van der Waals surface area contributed by atoms with E-state index in [4.69, 9.17) is 4.74 Å². The highest BCUT2D eigenvalue weighted by molar-refractivity contribution is 14.0. The van der Waals surface area contributed by atoms with Gasteiger partial charge >= 0.3 is 0 Å². The van der Waals surface area contributed by atoms with Crippen LogP contribution >= 0.6 is 24.0 Å². The second-order valence-electron chi connectivity index (χ2n) is 6.86. The molecule has 2 rings (SSSR count). The van der Waals surface area contributed by atoms with Crippen molar-refractivity contribution in [2.45, 2.75) is 38.1 Å². The number of rotatable bonds is 10. The Kier molecular flexibility index (Phi) is 11.8. The lowest BCUT2D eigenvalue weighted by atomic mass is 10.1. The van der Waals surface area contributed by atoms with Gasteiger partial charge in [0.05, 0.1) is 18.0 Å². The first-order chi connectivity index (χ1) is 13.9. The van der Waals surface area contributed by atoms with Gasteiger partial charge in [-0.3, -0.25) is 0 Å². The number of aliphatic imine (C=N–C) groups is 1. The zero-order valence-electron chi connectivity index (χ0n) is 17.8. The van der Waals surface area contributed by atoms with Crippen molar-refractivity contribution < 1.29 is 13.2 Å². The van der Waals surface area contributed by atoms with Crippen LogP contribution in [0, 0.1) is 6.92 Å². The molecule has 0 saturated heterocycles. The van der Waals surface area contributed by atoms with Gasteiger partial charge in [-0.25, -0.2) is 13.4 Å². The third kappa shape index (κ3) is 9.34. The molecule has 0 heterocycles. The van der Waals surface area contributed by atoms with E-state index < -0.39 is 9.84 Å². The Hall–Kier alpha value is -1.81. The normalized spacial score (nSPS) is 11.5. The minimum absolute atomic E-state index is 0. The molecule has 2 N–H and O–H groups in total. The Labute approximate surface area is 197 Å². The number of nitrogens with zero attached hydrogens (tertiary/aromatic N) is 1. The smallest absolute Gasteiger partial charge is 0.191 e. The maximum atomic E-state index is 11.7. The summed E-state index contributed by atoms with van der Waals surface area (Å²) in [5, 5.41) is 6.56. The molecule has 0 saturated carbocycles. The fourth-order valence-electron chi connectivity index (χ4n) is 2.88. The summed E-state index contributed by atoms with van der Waals surface area (Å²) in [4.78, 5) is 4.96. The van der Waals surface area contributed by atoms with Crippen LogP contribution < -0.4 is 15.4 Å². The van der Waals surface area contributed by atoms with Gasteiger partial charge < -0.3 is 15.4 Å². The number of hydrogen-bond donors (Lipinski definition) is 2. The van der Waals surface area contributed by atoms with Gasteiger partial charge in [0.15, 0.2) is 15.8 Å². The molecular weight excluding hydrogens is 513 g/mol. The lowest BCUT2D eigenvalue weighted by molar-refractivity contribution is 0.307. The van der Waals surface area contributed by atoms with Gasteiger partial charge in [0, 0.05) is 19.3 Å². The van der Waals surface area contributed by atoms with E-state index in [9.17, 15) is 8.42 Å². The zero-order chi connectivity index (χ0) is 21.1. The molecule has 166 valence electrons. The van der Waals surface area contributed by atoms with Crippen molar-refractivity contribution in [1.82, 2.24) is 10.6 Å². The molecule has 0 amide bonds. The fraction of sp³-hybridized carbons (Fsp3) is 0.409. The SMILES string of the molecule is CCNC(=NCc1ccc(S(C)(=O)=O)c(C)c1)NCCCCOc1ccccc1.I. The van der Waals surface area contributed by atoms with E-state index in [1.54, 1.807) is 6.07 Å². The lowest BCUT2D eigenvalue weighted by Gasteiger charge is -2.12. The molecule has 8 heteroatoms. The minimum atomic E-state index is -3.20. The second kappa shape index (κ2) is 13.5. The Bertz CT molecular complexity index is 903. The van der Waals surface area contributed by atoms with Crippen LogP contribution in [0.2, 0.25) is 0 Å². The third-order valence-corrected chi connectivity index (χ3v) is 5.54. The van der Waals surface area contributed by atoms with Crippen LogP contribution in [0.25, 0.3) is 0 Å². The van der Waals surface area contributed by atoms with E-state index in [2.05, 4.69) is 15.6 Å². The van der Waals surface area contributed by atoms with Crippen LogP contribution in [0.5, 0.6) is 5.75 Å². The monoisotopic (exact) mass is 545 g/mol. The summed E-state index contributed by atoms with van der Waals surface area (Å²) in [6.45, 7) is 6.58. The quantitative estimate of drug-likeness (QED) is 0.205. The highest BCUT2D eigenvalue weighted by Crippen LogP contribution is 2.17. The van der Waals surface area contributed by atoms with Crippen molar-refractivity contribution in [2.75, 3.05) is 26.0 Å². The van der Waals surface area contributed by atoms with E-state index in [0.29, 0.717) is 18.0 Å². The largest absolute Gasteiger partial charge is 0.494 e. The van der Waals surface area contributed by atoms with Crippen molar-refractivity contribution in [3.63, 3.8) is 0 Å². The van der Waals surface area contributed by atoms with Crippen molar-refractivity contribution in [1.29, 1.82) is 0 Å². The average Bonchev–Trinajstić information content (AvgIpc) is 2.68. The van der Waals surface area contributed by atoms with Crippen molar-refractivity contribution in [3.05, 3.63) is 59.7 Å². The number of unbranched alkanes of at least 4 members (excludes halogenated alkanes) is 1. The number of para-hydroxylation sites is 1. The molecule has 0 aliphatic heterocycles. The summed E-state index contributed by atoms with van der Waals surface area (Å²) in [7, 11) is -3.20. The first-order valence-electron chi connectivity index (χ1n) is 9.89. The van der Waals surface area contributed by atoms with Gasteiger partial charge in [-0.1, -0.05) is 30.3 Å². The van der Waals surface area contributed by atoms with Crippen LogP contribution in [0.15, 0.2) is 58.4 Å². The van der Waals surface area contributed by atoms with E-state index in [1.165, 1.54) is 6.26 Å². The van der Waals surface area contributed by atoms with Crippen LogP contribution in [0.3, 0.4) is 0 Å². The highest BCUT2D eigenvalue weighted by atomic mass is 127. The highest BCUT2D eigenvalue weighted by Gasteiger charge is 2.10. The number of hydrogen-bond acceptors (Lipinski definition) is 4. The van der Waals surface area contributed by atoms with E-state index in [-0.39, 0.29) is 24.0 Å². The van der Waals surface area contributed by atoms with Crippen LogP contribution in [-0.2, 0) is 16.4 Å². The molecule has 0 spiro atoms. The summed E-state index contributed by atoms with van der Waals surface area (Å²) in [5.74, 6) is 1.65. The maximum Gasteiger partial charge on any atom is 0.191 e. The molecule has 0 aromatic heterocycles. The van der Waals surface area contributed by atoms with Gasteiger partial charge in [0.1, 0.15) is 5.75 Å². The molecule has 0 atom stereocenters. The van der Waals surface area contributed by atoms with Gasteiger partial charge in [-0.15, -0.1) is 24.0 Å². The molecule has 2 aromatic rings. The molecule has 6 nitrogen and oxygen atoms in total. The van der Waals surface area contributed by atoms with Gasteiger partial charge in [-0.2, -0.15) is 0 Å². The molecule has 2 aromatic carbocycles. The summed E-state index contributed by atoms with van der Waals surface area (Å²) >= 11 is 0. The van der Waals surface area contributed by atoms with Crippen LogP contribution in [-0.4, -0.2) is 40.3 Å². The van der Waals surface area contributed by atoms with Gasteiger partial charge in [0.2, 0.25) is 0 Å². The van der Waals surface area contributed by atoms with Crippen molar-refractivity contribution in [2.24, 2.45) is 4.99 Å². The summed E-state index contributed by atoms with van der Waals surface area (Å²) in [5.41, 5.74) is 1.72. The molecule has 0 radical (unpaired) electrons. The summed E-state index contributed by atoms with van der Waals surface area (Å²) in [6.07, 6.45) is 3.15. The predicted octanol–water partition coefficient (Wildman–Crippen LogP) is 3.93. The van der Waals surface area contributed by atoms with Gasteiger partial charge in [-0.05, 0) is 56.0 Å². The van der Waals surface area contributed by atoms with E-state index in [0.717, 1.165) is 48.8 Å². The fourth-order valence-corrected chi connectivity index (χ4v) is 3.84. The molecule has 0 bridgehead atoms. The number of sulfone groups is 1. The first kappa shape index (κ1) is 26.2. The number of aryl methyl sites for hydroxylation is 1. The standard InChI is InChI=1S/C22H31N3O3S.HI/c1-4-23-22(24-14-8-9-15-28-20-10-6-5-7-11-20)25-17-19-12-13-21(18(2)16-19)29(3,26)27;/h5-7,10-13,16H,4,8-9,14-15,17H2,1-3H3,(H2,23,24,25);1H. The Balaban J connectivity index is 0.00000450. The topological polar surface area (TPSA) is 79.8 Å². The Morgan fingerprint density at radius 2 is 1.80 bits per heavy atom.